The zero-order valence-electron chi connectivity index (χ0n) is 16.1. The summed E-state index contributed by atoms with van der Waals surface area (Å²) < 4.78 is 33.2. The second-order valence-corrected chi connectivity index (χ2v) is 8.53. The van der Waals surface area contributed by atoms with Gasteiger partial charge in [-0.2, -0.15) is 4.31 Å². The quantitative estimate of drug-likeness (QED) is 0.487. The van der Waals surface area contributed by atoms with Crippen LogP contribution < -0.4 is 10.2 Å². The zero-order chi connectivity index (χ0) is 20.7. The minimum absolute atomic E-state index is 0.0454. The van der Waals surface area contributed by atoms with Gasteiger partial charge in [-0.1, -0.05) is 19.9 Å². The van der Waals surface area contributed by atoms with Gasteiger partial charge in [0.15, 0.2) is 0 Å². The fourth-order valence-electron chi connectivity index (χ4n) is 2.84. The Morgan fingerprint density at radius 1 is 1.25 bits per heavy atom. The van der Waals surface area contributed by atoms with E-state index in [-0.39, 0.29) is 23.8 Å². The third kappa shape index (κ3) is 5.28. The van der Waals surface area contributed by atoms with Gasteiger partial charge >= 0.3 is 0 Å². The monoisotopic (exact) mass is 407 g/mol. The molecule has 0 saturated carbocycles. The number of carbonyl (C=O) groups is 1. The first kappa shape index (κ1) is 21.8. The Labute approximate surface area is 165 Å². The molecule has 2 rings (SSSR count). The maximum Gasteiger partial charge on any atom is 0.244 e. The summed E-state index contributed by atoms with van der Waals surface area (Å²) in [6, 6.07) is 8.90. The van der Waals surface area contributed by atoms with Crippen molar-refractivity contribution in [2.24, 2.45) is 5.92 Å². The van der Waals surface area contributed by atoms with Gasteiger partial charge in [-0.3, -0.25) is 15.0 Å². The first-order valence-corrected chi connectivity index (χ1v) is 10.2. The van der Waals surface area contributed by atoms with E-state index >= 15 is 0 Å². The predicted octanol–water partition coefficient (Wildman–Crippen LogP) is 2.20. The minimum Gasteiger partial charge on any atom is -0.497 e. The van der Waals surface area contributed by atoms with E-state index in [1.54, 1.807) is 42.1 Å². The molecular formula is C19H25N3O5S. The first-order chi connectivity index (χ1) is 13.3. The van der Waals surface area contributed by atoms with Crippen LogP contribution in [-0.4, -0.2) is 42.0 Å². The van der Waals surface area contributed by atoms with Gasteiger partial charge in [0.05, 0.1) is 12.0 Å². The number of nitrogens with zero attached hydrogens (tertiary/aromatic N) is 2. The number of methoxy groups -OCH3 is 1. The van der Waals surface area contributed by atoms with Crippen molar-refractivity contribution in [2.45, 2.75) is 37.8 Å². The van der Waals surface area contributed by atoms with Gasteiger partial charge in [0.25, 0.3) is 0 Å². The average Bonchev–Trinajstić information content (AvgIpc) is 2.70. The van der Waals surface area contributed by atoms with E-state index < -0.39 is 22.0 Å². The Morgan fingerprint density at radius 2 is 1.93 bits per heavy atom. The fraction of sp³-hybridized carbons (Fsp3) is 0.368. The topological polar surface area (TPSA) is 109 Å². The molecule has 1 atom stereocenters. The standard InChI is InChI=1S/C19H25N3O5S/c1-14(2)18(11-19(23)21-24)22(13-15-5-4-10-20-12-15)28(25,26)17-8-6-16(27-3)7-9-17/h4-10,12,14,18,24H,11,13H2,1-3H3,(H,21,23)/t18-/m1/s1. The van der Waals surface area contributed by atoms with Crippen molar-refractivity contribution in [3.63, 3.8) is 0 Å². The molecule has 1 heterocycles. The van der Waals surface area contributed by atoms with Crippen molar-refractivity contribution in [3.8, 4) is 5.75 Å². The number of benzene rings is 1. The number of rotatable bonds is 9. The van der Waals surface area contributed by atoms with Gasteiger partial charge in [0.1, 0.15) is 5.75 Å². The van der Waals surface area contributed by atoms with E-state index in [0.717, 1.165) is 0 Å². The van der Waals surface area contributed by atoms with Crippen molar-refractivity contribution < 1.29 is 23.2 Å². The molecule has 9 heteroatoms. The van der Waals surface area contributed by atoms with Crippen LogP contribution in [0.25, 0.3) is 0 Å². The van der Waals surface area contributed by atoms with E-state index in [9.17, 15) is 13.2 Å². The lowest BCUT2D eigenvalue weighted by Crippen LogP contribution is -2.45. The first-order valence-electron chi connectivity index (χ1n) is 8.77. The Balaban J connectivity index is 2.49. The molecule has 1 aromatic carbocycles. The molecule has 1 amide bonds. The van der Waals surface area contributed by atoms with Gasteiger partial charge in [0, 0.05) is 31.4 Å². The predicted molar refractivity (Wildman–Crippen MR) is 103 cm³/mol. The molecule has 0 saturated heterocycles. The molecule has 8 nitrogen and oxygen atoms in total. The minimum atomic E-state index is -3.93. The molecule has 0 aliphatic rings. The van der Waals surface area contributed by atoms with Gasteiger partial charge in [0.2, 0.25) is 15.9 Å². The highest BCUT2D eigenvalue weighted by atomic mass is 32.2. The molecule has 0 spiro atoms. The molecule has 0 bridgehead atoms. The molecule has 2 N–H and O–H groups in total. The molecule has 0 aliphatic carbocycles. The molecule has 0 fully saturated rings. The second-order valence-electron chi connectivity index (χ2n) is 6.64. The Morgan fingerprint density at radius 3 is 2.43 bits per heavy atom. The summed E-state index contributed by atoms with van der Waals surface area (Å²) in [5.74, 6) is -0.292. The van der Waals surface area contributed by atoms with Gasteiger partial charge < -0.3 is 4.74 Å². The molecule has 0 unspecified atom stereocenters. The summed E-state index contributed by atoms with van der Waals surface area (Å²) in [6.45, 7) is 3.70. The normalized spacial score (nSPS) is 12.8. The smallest absolute Gasteiger partial charge is 0.244 e. The van der Waals surface area contributed by atoms with Crippen molar-refractivity contribution in [2.75, 3.05) is 7.11 Å². The lowest BCUT2D eigenvalue weighted by Gasteiger charge is -2.33. The highest BCUT2D eigenvalue weighted by Gasteiger charge is 2.34. The van der Waals surface area contributed by atoms with Crippen LogP contribution >= 0.6 is 0 Å². The van der Waals surface area contributed by atoms with E-state index in [4.69, 9.17) is 9.94 Å². The average molecular weight is 407 g/mol. The maximum atomic E-state index is 13.4. The van der Waals surface area contributed by atoms with Gasteiger partial charge in [-0.05, 0) is 41.8 Å². The Bertz CT molecular complexity index is 870. The summed E-state index contributed by atoms with van der Waals surface area (Å²) in [5.41, 5.74) is 2.28. The summed E-state index contributed by atoms with van der Waals surface area (Å²) in [4.78, 5) is 15.9. The van der Waals surface area contributed by atoms with Crippen LogP contribution in [0, 0.1) is 5.92 Å². The van der Waals surface area contributed by atoms with E-state index in [0.29, 0.717) is 11.3 Å². The third-order valence-electron chi connectivity index (χ3n) is 4.39. The van der Waals surface area contributed by atoms with E-state index in [1.165, 1.54) is 23.5 Å². The van der Waals surface area contributed by atoms with Crippen molar-refractivity contribution in [3.05, 3.63) is 54.4 Å². The van der Waals surface area contributed by atoms with Crippen LogP contribution in [0.1, 0.15) is 25.8 Å². The second kappa shape index (κ2) is 9.63. The largest absolute Gasteiger partial charge is 0.497 e. The lowest BCUT2D eigenvalue weighted by molar-refractivity contribution is -0.130. The highest BCUT2D eigenvalue weighted by molar-refractivity contribution is 7.89. The number of pyridine rings is 1. The van der Waals surface area contributed by atoms with Gasteiger partial charge in [-0.25, -0.2) is 13.9 Å². The summed E-state index contributed by atoms with van der Waals surface area (Å²) in [6.07, 6.45) is 3.01. The van der Waals surface area contributed by atoms with Crippen LogP contribution in [0.5, 0.6) is 5.75 Å². The lowest BCUT2D eigenvalue weighted by atomic mass is 10.0. The molecule has 2 aromatic rings. The Kier molecular flexibility index (Phi) is 7.50. The third-order valence-corrected chi connectivity index (χ3v) is 6.27. The number of ether oxygens (including phenoxy) is 1. The highest BCUT2D eigenvalue weighted by Crippen LogP contribution is 2.27. The Hall–Kier alpha value is -2.49. The number of carbonyl (C=O) groups excluding carboxylic acids is 1. The summed E-state index contributed by atoms with van der Waals surface area (Å²) >= 11 is 0. The van der Waals surface area contributed by atoms with E-state index in [2.05, 4.69) is 4.98 Å². The molecule has 0 aliphatic heterocycles. The molecule has 28 heavy (non-hydrogen) atoms. The zero-order valence-corrected chi connectivity index (χ0v) is 16.9. The number of amides is 1. The van der Waals surface area contributed by atoms with E-state index in [1.807, 2.05) is 13.8 Å². The van der Waals surface area contributed by atoms with Crippen LogP contribution in [0.4, 0.5) is 0 Å². The number of hydroxylamine groups is 1. The molecule has 0 radical (unpaired) electrons. The number of hydrogen-bond donors (Lipinski definition) is 2. The SMILES string of the molecule is COc1ccc(S(=O)(=O)N(Cc2cccnc2)[C@H](CC(=O)NO)C(C)C)cc1. The number of hydrogen-bond acceptors (Lipinski definition) is 6. The number of sulfonamides is 1. The fourth-order valence-corrected chi connectivity index (χ4v) is 4.59. The van der Waals surface area contributed by atoms with Crippen LogP contribution in [0.15, 0.2) is 53.7 Å². The van der Waals surface area contributed by atoms with Crippen molar-refractivity contribution in [1.29, 1.82) is 0 Å². The molecular weight excluding hydrogens is 382 g/mol. The summed E-state index contributed by atoms with van der Waals surface area (Å²) in [7, 11) is -2.43. The van der Waals surface area contributed by atoms with Gasteiger partial charge in [-0.15, -0.1) is 0 Å². The molecule has 1 aromatic heterocycles. The van der Waals surface area contributed by atoms with Crippen molar-refractivity contribution in [1.82, 2.24) is 14.8 Å². The molecule has 152 valence electrons. The van der Waals surface area contributed by atoms with Crippen LogP contribution in [-0.2, 0) is 21.4 Å². The maximum absolute atomic E-state index is 13.4. The van der Waals surface area contributed by atoms with Crippen LogP contribution in [0.2, 0.25) is 0 Å². The van der Waals surface area contributed by atoms with Crippen molar-refractivity contribution >= 4 is 15.9 Å². The van der Waals surface area contributed by atoms with Crippen LogP contribution in [0.3, 0.4) is 0 Å². The summed E-state index contributed by atoms with van der Waals surface area (Å²) in [5, 5.41) is 8.92. The number of aromatic nitrogens is 1. The number of nitrogens with one attached hydrogen (secondary N) is 1.